The summed E-state index contributed by atoms with van der Waals surface area (Å²) in [5.74, 6) is 0.815. The van der Waals surface area contributed by atoms with Gasteiger partial charge in [-0.25, -0.2) is 9.97 Å². The summed E-state index contributed by atoms with van der Waals surface area (Å²) in [6, 6.07) is 5.51. The number of hydrogen-bond acceptors (Lipinski definition) is 6. The predicted octanol–water partition coefficient (Wildman–Crippen LogP) is 0.985. The van der Waals surface area contributed by atoms with Gasteiger partial charge in [0.1, 0.15) is 12.4 Å². The molecule has 7 heteroatoms. The maximum atomic E-state index is 12.4. The van der Waals surface area contributed by atoms with Gasteiger partial charge in [0.15, 0.2) is 0 Å². The van der Waals surface area contributed by atoms with Crippen LogP contribution in [0.25, 0.3) is 6.08 Å². The number of anilines is 1. The number of rotatable bonds is 3. The lowest BCUT2D eigenvalue weighted by Crippen LogP contribution is -2.30. The molecule has 0 atom stereocenters. The van der Waals surface area contributed by atoms with Gasteiger partial charge in [-0.15, -0.1) is 0 Å². The molecule has 0 radical (unpaired) electrons. The number of amides is 1. The third kappa shape index (κ3) is 3.69. The number of fused-ring (bicyclic) bond motifs is 1. The summed E-state index contributed by atoms with van der Waals surface area (Å²) in [5, 5.41) is 9.26. The van der Waals surface area contributed by atoms with Crippen molar-refractivity contribution in [2.45, 2.75) is 13.2 Å². The molecule has 1 aromatic heterocycles. The molecule has 1 amide bonds. The molecule has 2 heterocycles. The highest BCUT2D eigenvalue weighted by Crippen LogP contribution is 2.24. The van der Waals surface area contributed by atoms with Crippen LogP contribution in [0.2, 0.25) is 0 Å². The van der Waals surface area contributed by atoms with Crippen molar-refractivity contribution in [3.63, 3.8) is 0 Å². The zero-order chi connectivity index (χ0) is 16.9. The van der Waals surface area contributed by atoms with E-state index in [9.17, 15) is 9.90 Å². The normalized spacial score (nSPS) is 14.1. The monoisotopic (exact) mass is 326 g/mol. The van der Waals surface area contributed by atoms with Crippen LogP contribution in [0, 0.1) is 0 Å². The first kappa shape index (κ1) is 15.9. The van der Waals surface area contributed by atoms with E-state index in [-0.39, 0.29) is 18.5 Å². The van der Waals surface area contributed by atoms with E-state index in [1.165, 1.54) is 6.08 Å². The summed E-state index contributed by atoms with van der Waals surface area (Å²) in [6.45, 7) is 1.31. The lowest BCUT2D eigenvalue weighted by Gasteiger charge is -2.18. The van der Waals surface area contributed by atoms with Crippen molar-refractivity contribution in [2.75, 3.05) is 18.9 Å². The van der Waals surface area contributed by atoms with Gasteiger partial charge in [0, 0.05) is 36.1 Å². The Morgan fingerprint density at radius 2 is 2.17 bits per heavy atom. The molecule has 0 spiro atoms. The molecule has 1 aliphatic rings. The maximum absolute atomic E-state index is 12.4. The first-order valence-electron chi connectivity index (χ1n) is 7.55. The van der Waals surface area contributed by atoms with E-state index in [4.69, 9.17) is 10.5 Å². The number of aliphatic hydroxyl groups excluding tert-OH is 1. The minimum Gasteiger partial charge on any atom is -0.491 e. The van der Waals surface area contributed by atoms with Crippen molar-refractivity contribution in [1.82, 2.24) is 14.9 Å². The molecule has 3 N–H and O–H groups in total. The minimum absolute atomic E-state index is 0.0434. The maximum Gasteiger partial charge on any atom is 0.246 e. The highest BCUT2D eigenvalue weighted by atomic mass is 16.5. The molecule has 24 heavy (non-hydrogen) atoms. The SMILES string of the molecule is Nc1ncc(C=CC(=O)N2CCOc3ccc(CO)cc3C2)cn1. The Bertz CT molecular complexity index is 759. The molecule has 0 saturated heterocycles. The van der Waals surface area contributed by atoms with Crippen molar-refractivity contribution in [3.8, 4) is 5.75 Å². The number of benzene rings is 1. The fourth-order valence-corrected chi connectivity index (χ4v) is 2.44. The zero-order valence-corrected chi connectivity index (χ0v) is 13.1. The number of aromatic nitrogens is 2. The van der Waals surface area contributed by atoms with Crippen LogP contribution in [-0.4, -0.2) is 39.0 Å². The van der Waals surface area contributed by atoms with Gasteiger partial charge in [-0.3, -0.25) is 4.79 Å². The molecule has 2 aromatic rings. The second kappa shape index (κ2) is 7.10. The van der Waals surface area contributed by atoms with Crippen LogP contribution in [0.4, 0.5) is 5.95 Å². The highest BCUT2D eigenvalue weighted by molar-refractivity contribution is 5.91. The fourth-order valence-electron chi connectivity index (χ4n) is 2.44. The molecule has 0 aliphatic carbocycles. The Balaban J connectivity index is 1.73. The van der Waals surface area contributed by atoms with Crippen LogP contribution in [0.5, 0.6) is 5.75 Å². The van der Waals surface area contributed by atoms with Crippen LogP contribution in [-0.2, 0) is 17.9 Å². The van der Waals surface area contributed by atoms with Gasteiger partial charge in [0.2, 0.25) is 11.9 Å². The number of carbonyl (C=O) groups excluding carboxylic acids is 1. The summed E-state index contributed by atoms with van der Waals surface area (Å²) in [5.41, 5.74) is 7.81. The summed E-state index contributed by atoms with van der Waals surface area (Å²) < 4.78 is 5.67. The number of nitrogens with two attached hydrogens (primary N) is 1. The topological polar surface area (TPSA) is 102 Å². The average Bonchev–Trinajstić information content (AvgIpc) is 2.82. The molecule has 1 aromatic carbocycles. The van der Waals surface area contributed by atoms with E-state index >= 15 is 0 Å². The van der Waals surface area contributed by atoms with Crippen LogP contribution in [0.15, 0.2) is 36.7 Å². The first-order chi connectivity index (χ1) is 11.7. The molecule has 0 unspecified atom stereocenters. The van der Waals surface area contributed by atoms with E-state index in [0.29, 0.717) is 25.3 Å². The number of aliphatic hydroxyl groups is 1. The molecular formula is C17H18N4O3. The highest BCUT2D eigenvalue weighted by Gasteiger charge is 2.18. The van der Waals surface area contributed by atoms with Gasteiger partial charge in [0.25, 0.3) is 0 Å². The van der Waals surface area contributed by atoms with Crippen molar-refractivity contribution in [3.05, 3.63) is 53.4 Å². The molecule has 3 rings (SSSR count). The number of nitrogens with zero attached hydrogens (tertiary/aromatic N) is 3. The third-order valence-electron chi connectivity index (χ3n) is 3.71. The zero-order valence-electron chi connectivity index (χ0n) is 13.1. The number of nitrogen functional groups attached to an aromatic ring is 1. The van der Waals surface area contributed by atoms with Crippen molar-refractivity contribution < 1.29 is 14.6 Å². The smallest absolute Gasteiger partial charge is 0.246 e. The largest absolute Gasteiger partial charge is 0.491 e. The molecule has 7 nitrogen and oxygen atoms in total. The van der Waals surface area contributed by atoms with E-state index in [1.807, 2.05) is 18.2 Å². The summed E-state index contributed by atoms with van der Waals surface area (Å²) in [6.07, 6.45) is 6.25. The van der Waals surface area contributed by atoms with E-state index < -0.39 is 0 Å². The standard InChI is InChI=1S/C17H18N4O3/c18-17-19-8-13(9-20-17)2-4-16(23)21-5-6-24-15-3-1-12(11-22)7-14(15)10-21/h1-4,7-9,22H,5-6,10-11H2,(H2,18,19,20). The Labute approximate surface area is 139 Å². The van der Waals surface area contributed by atoms with Crippen LogP contribution in [0.3, 0.4) is 0 Å². The van der Waals surface area contributed by atoms with Crippen molar-refractivity contribution in [2.24, 2.45) is 0 Å². The van der Waals surface area contributed by atoms with Crippen LogP contribution < -0.4 is 10.5 Å². The Morgan fingerprint density at radius 3 is 2.92 bits per heavy atom. The van der Waals surface area contributed by atoms with Crippen molar-refractivity contribution in [1.29, 1.82) is 0 Å². The van der Waals surface area contributed by atoms with Gasteiger partial charge < -0.3 is 20.5 Å². The van der Waals surface area contributed by atoms with E-state index in [1.54, 1.807) is 23.4 Å². The Hall–Kier alpha value is -2.93. The first-order valence-corrected chi connectivity index (χ1v) is 7.55. The third-order valence-corrected chi connectivity index (χ3v) is 3.71. The fraction of sp³-hybridized carbons (Fsp3) is 0.235. The number of hydrogen-bond donors (Lipinski definition) is 2. The lowest BCUT2D eigenvalue weighted by molar-refractivity contribution is -0.126. The van der Waals surface area contributed by atoms with Gasteiger partial charge in [-0.1, -0.05) is 6.07 Å². The number of carbonyl (C=O) groups is 1. The lowest BCUT2D eigenvalue weighted by atomic mass is 10.1. The molecule has 124 valence electrons. The minimum atomic E-state index is -0.127. The second-order valence-corrected chi connectivity index (χ2v) is 5.42. The molecular weight excluding hydrogens is 308 g/mol. The quantitative estimate of drug-likeness (QED) is 0.816. The van der Waals surface area contributed by atoms with Gasteiger partial charge in [-0.2, -0.15) is 0 Å². The van der Waals surface area contributed by atoms with Gasteiger partial charge >= 0.3 is 0 Å². The summed E-state index contributed by atoms with van der Waals surface area (Å²) >= 11 is 0. The molecule has 1 aliphatic heterocycles. The van der Waals surface area contributed by atoms with Crippen LogP contribution >= 0.6 is 0 Å². The number of ether oxygens (including phenoxy) is 1. The van der Waals surface area contributed by atoms with E-state index in [2.05, 4.69) is 9.97 Å². The predicted molar refractivity (Wildman–Crippen MR) is 88.8 cm³/mol. The summed E-state index contributed by atoms with van der Waals surface area (Å²) in [7, 11) is 0. The molecule has 0 fully saturated rings. The van der Waals surface area contributed by atoms with Crippen LogP contribution in [0.1, 0.15) is 16.7 Å². The summed E-state index contributed by atoms with van der Waals surface area (Å²) in [4.78, 5) is 21.9. The Kier molecular flexibility index (Phi) is 4.72. The Morgan fingerprint density at radius 1 is 1.38 bits per heavy atom. The molecule has 0 bridgehead atoms. The second-order valence-electron chi connectivity index (χ2n) is 5.42. The molecule has 0 saturated carbocycles. The van der Waals surface area contributed by atoms with E-state index in [0.717, 1.165) is 16.9 Å². The van der Waals surface area contributed by atoms with Crippen molar-refractivity contribution >= 4 is 17.9 Å². The van der Waals surface area contributed by atoms with Gasteiger partial charge in [0.05, 0.1) is 13.2 Å². The average molecular weight is 326 g/mol. The van der Waals surface area contributed by atoms with Gasteiger partial charge in [-0.05, 0) is 23.8 Å².